The smallest absolute Gasteiger partial charge is 0.0372 e. The first-order valence-corrected chi connectivity index (χ1v) is 5.12. The van der Waals surface area contributed by atoms with Gasteiger partial charge in [-0.2, -0.15) is 0 Å². The number of nitrogens with zero attached hydrogens (tertiary/aromatic N) is 1. The first-order chi connectivity index (χ1) is 7.31. The molecule has 0 saturated heterocycles. The van der Waals surface area contributed by atoms with Gasteiger partial charge in [-0.25, -0.2) is 0 Å². The lowest BCUT2D eigenvalue weighted by Crippen LogP contribution is -2.16. The zero-order chi connectivity index (χ0) is 10.7. The lowest BCUT2D eigenvalue weighted by atomic mass is 10.1. The third-order valence-electron chi connectivity index (χ3n) is 2.58. The summed E-state index contributed by atoms with van der Waals surface area (Å²) in [4.78, 5) is 2.18. The van der Waals surface area contributed by atoms with Crippen LogP contribution in [-0.2, 0) is 0 Å². The quantitative estimate of drug-likeness (QED) is 0.681. The van der Waals surface area contributed by atoms with E-state index < -0.39 is 0 Å². The van der Waals surface area contributed by atoms with E-state index in [4.69, 9.17) is 0 Å². The Balaban J connectivity index is 2.42. The summed E-state index contributed by atoms with van der Waals surface area (Å²) in [6.45, 7) is 4.62. The van der Waals surface area contributed by atoms with Crippen LogP contribution < -0.4 is 4.90 Å². The monoisotopic (exact) mass is 197 g/mol. The molecule has 2 aromatic carbocycles. The number of likely N-dealkylation sites (N-methyl/N-ethyl adjacent to an activating group) is 1. The molecule has 0 radical (unpaired) electrons. The van der Waals surface area contributed by atoms with Crippen molar-refractivity contribution < 1.29 is 0 Å². The molecule has 2 rings (SSSR count). The first kappa shape index (κ1) is 9.78. The predicted octanol–water partition coefficient (Wildman–Crippen LogP) is 3.46. The highest BCUT2D eigenvalue weighted by Gasteiger charge is 1.99. The molecule has 0 aliphatic rings. The van der Waals surface area contributed by atoms with Crippen LogP contribution in [0.2, 0.25) is 0 Å². The Morgan fingerprint density at radius 1 is 1.13 bits per heavy atom. The third-order valence-corrected chi connectivity index (χ3v) is 2.58. The summed E-state index contributed by atoms with van der Waals surface area (Å²) in [5, 5.41) is 2.57. The second-order valence-electron chi connectivity index (χ2n) is 3.70. The minimum atomic E-state index is 0.873. The van der Waals surface area contributed by atoms with Gasteiger partial charge < -0.3 is 4.90 Å². The minimum Gasteiger partial charge on any atom is -0.371 e. The maximum atomic E-state index is 3.75. The fourth-order valence-corrected chi connectivity index (χ4v) is 1.71. The van der Waals surface area contributed by atoms with Crippen LogP contribution in [0.15, 0.2) is 55.1 Å². The number of benzene rings is 2. The van der Waals surface area contributed by atoms with E-state index in [1.807, 2.05) is 6.08 Å². The van der Waals surface area contributed by atoms with Crippen molar-refractivity contribution in [3.05, 3.63) is 55.1 Å². The van der Waals surface area contributed by atoms with E-state index in [2.05, 4.69) is 61.0 Å². The van der Waals surface area contributed by atoms with Gasteiger partial charge in [-0.15, -0.1) is 6.58 Å². The van der Waals surface area contributed by atoms with Crippen LogP contribution in [0.4, 0.5) is 5.69 Å². The molecule has 0 aliphatic carbocycles. The molecular formula is C14H15N. The van der Waals surface area contributed by atoms with Crippen molar-refractivity contribution in [1.29, 1.82) is 0 Å². The molecule has 0 bridgehead atoms. The molecule has 15 heavy (non-hydrogen) atoms. The molecule has 0 aromatic heterocycles. The molecule has 0 heterocycles. The summed E-state index contributed by atoms with van der Waals surface area (Å²) in [5.74, 6) is 0. The van der Waals surface area contributed by atoms with Crippen LogP contribution in [0, 0.1) is 0 Å². The normalized spacial score (nSPS) is 10.2. The average Bonchev–Trinajstić information content (AvgIpc) is 2.29. The number of hydrogen-bond acceptors (Lipinski definition) is 1. The summed E-state index contributed by atoms with van der Waals surface area (Å²) in [5.41, 5.74) is 1.23. The Morgan fingerprint density at radius 3 is 2.60 bits per heavy atom. The fraction of sp³-hybridized carbons (Fsp3) is 0.143. The van der Waals surface area contributed by atoms with Crippen molar-refractivity contribution in [3.63, 3.8) is 0 Å². The molecule has 2 aromatic rings. The highest BCUT2D eigenvalue weighted by atomic mass is 15.1. The van der Waals surface area contributed by atoms with E-state index in [0.29, 0.717) is 0 Å². The predicted molar refractivity (Wildman–Crippen MR) is 67.4 cm³/mol. The second kappa shape index (κ2) is 4.18. The van der Waals surface area contributed by atoms with Gasteiger partial charge in [-0.05, 0) is 22.9 Å². The summed E-state index contributed by atoms with van der Waals surface area (Å²) < 4.78 is 0. The Kier molecular flexibility index (Phi) is 2.72. The SMILES string of the molecule is C=CCN(C)c1ccc2ccccc2c1. The van der Waals surface area contributed by atoms with Gasteiger partial charge in [0.15, 0.2) is 0 Å². The van der Waals surface area contributed by atoms with Gasteiger partial charge >= 0.3 is 0 Å². The van der Waals surface area contributed by atoms with Gasteiger partial charge in [0.05, 0.1) is 0 Å². The zero-order valence-electron chi connectivity index (χ0n) is 8.98. The van der Waals surface area contributed by atoms with Gasteiger partial charge in [-0.3, -0.25) is 0 Å². The lowest BCUT2D eigenvalue weighted by Gasteiger charge is -2.17. The van der Waals surface area contributed by atoms with Crippen LogP contribution in [-0.4, -0.2) is 13.6 Å². The van der Waals surface area contributed by atoms with Gasteiger partial charge in [0, 0.05) is 19.3 Å². The Labute approximate surface area is 90.6 Å². The molecule has 0 fully saturated rings. The third kappa shape index (κ3) is 2.01. The average molecular weight is 197 g/mol. The summed E-state index contributed by atoms with van der Waals surface area (Å²) in [6, 6.07) is 14.9. The van der Waals surface area contributed by atoms with Crippen LogP contribution in [0.25, 0.3) is 10.8 Å². The van der Waals surface area contributed by atoms with Crippen molar-refractivity contribution in [2.24, 2.45) is 0 Å². The largest absolute Gasteiger partial charge is 0.371 e. The molecule has 0 amide bonds. The summed E-state index contributed by atoms with van der Waals surface area (Å²) in [6.07, 6.45) is 1.91. The number of fused-ring (bicyclic) bond motifs is 1. The molecular weight excluding hydrogens is 182 g/mol. The van der Waals surface area contributed by atoms with Crippen molar-refractivity contribution in [2.75, 3.05) is 18.5 Å². The van der Waals surface area contributed by atoms with Crippen molar-refractivity contribution in [3.8, 4) is 0 Å². The molecule has 0 N–H and O–H groups in total. The number of anilines is 1. The summed E-state index contributed by atoms with van der Waals surface area (Å²) in [7, 11) is 2.08. The lowest BCUT2D eigenvalue weighted by molar-refractivity contribution is 1.03. The minimum absolute atomic E-state index is 0.873. The van der Waals surface area contributed by atoms with Crippen molar-refractivity contribution >= 4 is 16.5 Å². The highest BCUT2D eigenvalue weighted by Crippen LogP contribution is 2.20. The van der Waals surface area contributed by atoms with E-state index in [-0.39, 0.29) is 0 Å². The fourth-order valence-electron chi connectivity index (χ4n) is 1.71. The number of hydrogen-bond donors (Lipinski definition) is 0. The van der Waals surface area contributed by atoms with E-state index in [9.17, 15) is 0 Å². The zero-order valence-corrected chi connectivity index (χ0v) is 8.98. The number of rotatable bonds is 3. The molecule has 0 spiro atoms. The molecule has 1 nitrogen and oxygen atoms in total. The molecule has 0 aliphatic heterocycles. The van der Waals surface area contributed by atoms with Crippen LogP contribution in [0.5, 0.6) is 0 Å². The Hall–Kier alpha value is -1.76. The second-order valence-corrected chi connectivity index (χ2v) is 3.70. The van der Waals surface area contributed by atoms with Crippen LogP contribution >= 0.6 is 0 Å². The van der Waals surface area contributed by atoms with E-state index in [1.54, 1.807) is 0 Å². The molecule has 1 heteroatoms. The molecule has 0 atom stereocenters. The van der Waals surface area contributed by atoms with Crippen molar-refractivity contribution in [2.45, 2.75) is 0 Å². The van der Waals surface area contributed by atoms with E-state index in [0.717, 1.165) is 6.54 Å². The maximum absolute atomic E-state index is 3.75. The maximum Gasteiger partial charge on any atom is 0.0372 e. The highest BCUT2D eigenvalue weighted by molar-refractivity contribution is 5.85. The molecule has 0 unspecified atom stereocenters. The standard InChI is InChI=1S/C14H15N/c1-3-10-15(2)14-9-8-12-6-4-5-7-13(12)11-14/h3-9,11H,1,10H2,2H3. The summed E-state index contributed by atoms with van der Waals surface area (Å²) >= 11 is 0. The van der Waals surface area contributed by atoms with Gasteiger partial charge in [0.2, 0.25) is 0 Å². The van der Waals surface area contributed by atoms with Crippen LogP contribution in [0.1, 0.15) is 0 Å². The first-order valence-electron chi connectivity index (χ1n) is 5.12. The van der Waals surface area contributed by atoms with E-state index >= 15 is 0 Å². The Morgan fingerprint density at radius 2 is 1.87 bits per heavy atom. The topological polar surface area (TPSA) is 3.24 Å². The van der Waals surface area contributed by atoms with Gasteiger partial charge in [-0.1, -0.05) is 36.4 Å². The molecule has 76 valence electrons. The Bertz CT molecular complexity index is 473. The van der Waals surface area contributed by atoms with E-state index in [1.165, 1.54) is 16.5 Å². The molecule has 0 saturated carbocycles. The van der Waals surface area contributed by atoms with Gasteiger partial charge in [0.1, 0.15) is 0 Å². The van der Waals surface area contributed by atoms with Crippen molar-refractivity contribution in [1.82, 2.24) is 0 Å². The van der Waals surface area contributed by atoms with Gasteiger partial charge in [0.25, 0.3) is 0 Å². The van der Waals surface area contributed by atoms with Crippen LogP contribution in [0.3, 0.4) is 0 Å².